The highest BCUT2D eigenvalue weighted by Gasteiger charge is 2.23. The van der Waals surface area contributed by atoms with Crippen LogP contribution in [0.15, 0.2) is 60.8 Å². The van der Waals surface area contributed by atoms with Gasteiger partial charge in [0.1, 0.15) is 11.6 Å². The maximum atomic E-state index is 13.7. The van der Waals surface area contributed by atoms with Crippen LogP contribution in [0.1, 0.15) is 34.3 Å². The zero-order valence-corrected chi connectivity index (χ0v) is 18.4. The zero-order chi connectivity index (χ0) is 22.4. The quantitative estimate of drug-likeness (QED) is 0.409. The van der Waals surface area contributed by atoms with Gasteiger partial charge in [0.15, 0.2) is 5.65 Å². The molecule has 5 aromatic rings. The Morgan fingerprint density at radius 1 is 0.906 bits per heavy atom. The first-order valence-corrected chi connectivity index (χ1v) is 10.5. The van der Waals surface area contributed by atoms with E-state index in [9.17, 15) is 4.39 Å². The molecular weight excluding hydrogens is 403 g/mol. The minimum atomic E-state index is -0.258. The number of aryl methyl sites for hydroxylation is 4. The Morgan fingerprint density at radius 3 is 2.19 bits per heavy atom. The molecule has 7 heteroatoms. The second-order valence-electron chi connectivity index (χ2n) is 8.11. The molecule has 0 amide bonds. The first-order chi connectivity index (χ1) is 15.4. The van der Waals surface area contributed by atoms with E-state index < -0.39 is 0 Å². The molecule has 160 valence electrons. The third kappa shape index (κ3) is 3.36. The number of rotatable bonds is 4. The zero-order valence-electron chi connectivity index (χ0n) is 18.4. The first-order valence-electron chi connectivity index (χ1n) is 10.5. The number of nitrogens with zero attached hydrogens (tertiary/aromatic N) is 6. The van der Waals surface area contributed by atoms with Crippen LogP contribution in [0.4, 0.5) is 4.39 Å². The van der Waals surface area contributed by atoms with Crippen molar-refractivity contribution in [2.45, 2.75) is 26.8 Å². The second kappa shape index (κ2) is 7.67. The van der Waals surface area contributed by atoms with Crippen LogP contribution in [0, 0.1) is 26.6 Å². The van der Waals surface area contributed by atoms with Crippen molar-refractivity contribution in [1.82, 2.24) is 29.5 Å². The molecule has 0 bridgehead atoms. The van der Waals surface area contributed by atoms with Crippen molar-refractivity contribution < 1.29 is 4.39 Å². The van der Waals surface area contributed by atoms with Gasteiger partial charge in [0.05, 0.1) is 22.9 Å². The van der Waals surface area contributed by atoms with Gasteiger partial charge in [-0.3, -0.25) is 0 Å². The van der Waals surface area contributed by atoms with Crippen LogP contribution in [0.25, 0.3) is 22.4 Å². The molecule has 1 unspecified atom stereocenters. The predicted molar refractivity (Wildman–Crippen MR) is 122 cm³/mol. The summed E-state index contributed by atoms with van der Waals surface area (Å²) in [5, 5.41) is 8.30. The van der Waals surface area contributed by atoms with Crippen molar-refractivity contribution in [1.29, 1.82) is 0 Å². The summed E-state index contributed by atoms with van der Waals surface area (Å²) < 4.78 is 17.6. The molecule has 0 N–H and O–H groups in total. The lowest BCUT2D eigenvalue weighted by molar-refractivity contribution is 0.622. The van der Waals surface area contributed by atoms with Gasteiger partial charge in [-0.25, -0.2) is 19.0 Å². The Hall–Kier alpha value is -3.87. The molecule has 0 radical (unpaired) electrons. The molecule has 6 nitrogen and oxygen atoms in total. The monoisotopic (exact) mass is 426 g/mol. The summed E-state index contributed by atoms with van der Waals surface area (Å²) in [7, 11) is 1.87. The van der Waals surface area contributed by atoms with Gasteiger partial charge in [-0.15, -0.1) is 5.10 Å². The molecule has 3 aromatic heterocycles. The topological polar surface area (TPSA) is 61.4 Å². The molecule has 2 aromatic carbocycles. The highest BCUT2D eigenvalue weighted by Crippen LogP contribution is 2.33. The van der Waals surface area contributed by atoms with E-state index in [0.717, 1.165) is 39.4 Å². The Labute approximate surface area is 185 Å². The van der Waals surface area contributed by atoms with Gasteiger partial charge in [-0.05, 0) is 50.1 Å². The SMILES string of the molecule is Cc1ccc(C(c2ccc(F)cc2)n2c(C)nc3ncc(-c4c(C)nnn4C)cc32)cc1. The minimum absolute atomic E-state index is 0.177. The molecule has 5 rings (SSSR count). The Bertz CT molecular complexity index is 1350. The third-order valence-corrected chi connectivity index (χ3v) is 5.83. The standard InChI is InChI=1S/C25H23FN6/c1-15-5-7-18(8-6-15)24(19-9-11-21(26)12-10-19)32-17(3)28-25-22(32)13-20(14-27-25)23-16(2)29-30-31(23)4/h5-14,24H,1-4H3. The smallest absolute Gasteiger partial charge is 0.177 e. The van der Waals surface area contributed by atoms with Crippen molar-refractivity contribution >= 4 is 11.2 Å². The van der Waals surface area contributed by atoms with Gasteiger partial charge >= 0.3 is 0 Å². The van der Waals surface area contributed by atoms with Crippen molar-refractivity contribution in [2.75, 3.05) is 0 Å². The van der Waals surface area contributed by atoms with Gasteiger partial charge in [-0.1, -0.05) is 47.2 Å². The molecule has 0 aliphatic carbocycles. The van der Waals surface area contributed by atoms with Gasteiger partial charge in [0, 0.05) is 18.8 Å². The van der Waals surface area contributed by atoms with E-state index in [1.807, 2.05) is 39.2 Å². The van der Waals surface area contributed by atoms with E-state index in [2.05, 4.69) is 57.1 Å². The fourth-order valence-corrected chi connectivity index (χ4v) is 4.29. The summed E-state index contributed by atoms with van der Waals surface area (Å²) in [4.78, 5) is 9.37. The number of hydrogen-bond donors (Lipinski definition) is 0. The number of imidazole rings is 1. The number of benzene rings is 2. The lowest BCUT2D eigenvalue weighted by atomic mass is 9.97. The molecule has 3 heterocycles. The van der Waals surface area contributed by atoms with Crippen LogP contribution in [-0.2, 0) is 7.05 Å². The number of fused-ring (bicyclic) bond motifs is 1. The molecule has 0 saturated carbocycles. The number of aromatic nitrogens is 6. The first kappa shape index (κ1) is 20.1. The molecule has 1 atom stereocenters. The summed E-state index contributed by atoms with van der Waals surface area (Å²) in [6.45, 7) is 5.97. The van der Waals surface area contributed by atoms with E-state index >= 15 is 0 Å². The largest absolute Gasteiger partial charge is 0.315 e. The Kier molecular flexibility index (Phi) is 4.81. The van der Waals surface area contributed by atoms with Crippen molar-refractivity contribution in [2.24, 2.45) is 7.05 Å². The van der Waals surface area contributed by atoms with E-state index in [4.69, 9.17) is 4.98 Å². The lowest BCUT2D eigenvalue weighted by Crippen LogP contribution is -2.14. The molecule has 0 aliphatic heterocycles. The fourth-order valence-electron chi connectivity index (χ4n) is 4.29. The number of hydrogen-bond acceptors (Lipinski definition) is 4. The molecule has 0 saturated heterocycles. The molecule has 0 aliphatic rings. The maximum Gasteiger partial charge on any atom is 0.177 e. The van der Waals surface area contributed by atoms with Crippen molar-refractivity contribution in [3.05, 3.63) is 94.8 Å². The summed E-state index contributed by atoms with van der Waals surface area (Å²) in [6, 6.07) is 17.0. The average molecular weight is 426 g/mol. The summed E-state index contributed by atoms with van der Waals surface area (Å²) >= 11 is 0. The van der Waals surface area contributed by atoms with Crippen molar-refractivity contribution in [3.63, 3.8) is 0 Å². The summed E-state index contributed by atoms with van der Waals surface area (Å²) in [5.41, 5.74) is 7.49. The average Bonchev–Trinajstić information content (AvgIpc) is 3.28. The van der Waals surface area contributed by atoms with Crippen LogP contribution in [0.2, 0.25) is 0 Å². The molecule has 0 spiro atoms. The predicted octanol–water partition coefficient (Wildman–Crippen LogP) is 4.93. The Balaban J connectivity index is 1.76. The second-order valence-corrected chi connectivity index (χ2v) is 8.11. The van der Waals surface area contributed by atoms with E-state index in [1.54, 1.807) is 4.68 Å². The number of pyridine rings is 1. The number of halogens is 1. The summed E-state index contributed by atoms with van der Waals surface area (Å²) in [6.07, 6.45) is 1.81. The van der Waals surface area contributed by atoms with Crippen LogP contribution in [0.3, 0.4) is 0 Å². The van der Waals surface area contributed by atoms with E-state index in [-0.39, 0.29) is 11.9 Å². The van der Waals surface area contributed by atoms with Gasteiger partial charge in [-0.2, -0.15) is 0 Å². The minimum Gasteiger partial charge on any atom is -0.315 e. The molecule has 32 heavy (non-hydrogen) atoms. The normalized spacial score (nSPS) is 12.4. The Morgan fingerprint density at radius 2 is 1.56 bits per heavy atom. The molecule has 0 fully saturated rings. The van der Waals surface area contributed by atoms with Crippen LogP contribution in [-0.4, -0.2) is 29.5 Å². The van der Waals surface area contributed by atoms with Crippen LogP contribution in [0.5, 0.6) is 0 Å². The third-order valence-electron chi connectivity index (χ3n) is 5.83. The van der Waals surface area contributed by atoms with Gasteiger partial charge < -0.3 is 4.57 Å². The van der Waals surface area contributed by atoms with Crippen LogP contribution < -0.4 is 0 Å². The summed E-state index contributed by atoms with van der Waals surface area (Å²) in [5.74, 6) is 0.575. The molecular formula is C25H23FN6. The lowest BCUT2D eigenvalue weighted by Gasteiger charge is -2.22. The highest BCUT2D eigenvalue weighted by molar-refractivity contribution is 5.79. The van der Waals surface area contributed by atoms with E-state index in [1.165, 1.54) is 17.7 Å². The maximum absolute atomic E-state index is 13.7. The van der Waals surface area contributed by atoms with Crippen molar-refractivity contribution in [3.8, 4) is 11.3 Å². The fraction of sp³-hybridized carbons (Fsp3) is 0.200. The van der Waals surface area contributed by atoms with Gasteiger partial charge in [0.25, 0.3) is 0 Å². The van der Waals surface area contributed by atoms with E-state index in [0.29, 0.717) is 5.65 Å². The van der Waals surface area contributed by atoms with Crippen LogP contribution >= 0.6 is 0 Å². The van der Waals surface area contributed by atoms with Gasteiger partial charge in [0.2, 0.25) is 0 Å². The highest BCUT2D eigenvalue weighted by atomic mass is 19.1.